The van der Waals surface area contributed by atoms with E-state index in [4.69, 9.17) is 4.42 Å². The van der Waals surface area contributed by atoms with Crippen molar-refractivity contribution in [1.82, 2.24) is 4.90 Å². The molecule has 6 heteroatoms. The number of fused-ring (bicyclic) bond motifs is 1. The van der Waals surface area contributed by atoms with Gasteiger partial charge in [0.1, 0.15) is 5.58 Å². The third kappa shape index (κ3) is 2.55. The van der Waals surface area contributed by atoms with Gasteiger partial charge in [-0.3, -0.25) is 4.79 Å². The molecule has 2 aromatic rings. The lowest BCUT2D eigenvalue weighted by Crippen LogP contribution is -2.43. The number of furan rings is 1. The maximum atomic E-state index is 12.5. The van der Waals surface area contributed by atoms with Crippen molar-refractivity contribution in [2.45, 2.75) is 13.8 Å². The first-order chi connectivity index (χ1) is 9.87. The Balaban J connectivity index is 1.93. The van der Waals surface area contributed by atoms with Gasteiger partial charge >= 0.3 is 0 Å². The normalized spacial score (nSPS) is 18.1. The molecule has 1 fully saturated rings. The first-order valence-electron chi connectivity index (χ1n) is 6.87. The van der Waals surface area contributed by atoms with Gasteiger partial charge < -0.3 is 9.32 Å². The third-order valence-electron chi connectivity index (χ3n) is 3.92. The molecule has 0 aliphatic carbocycles. The van der Waals surface area contributed by atoms with E-state index in [0.29, 0.717) is 11.3 Å². The average Bonchev–Trinajstić information content (AvgIpc) is 2.74. The van der Waals surface area contributed by atoms with Crippen LogP contribution in [0, 0.1) is 13.8 Å². The van der Waals surface area contributed by atoms with Crippen molar-refractivity contribution in [3.63, 3.8) is 0 Å². The highest BCUT2D eigenvalue weighted by molar-refractivity contribution is 7.91. The number of rotatable bonds is 1. The summed E-state index contributed by atoms with van der Waals surface area (Å²) >= 11 is 0. The van der Waals surface area contributed by atoms with Gasteiger partial charge in [-0.05, 0) is 25.5 Å². The zero-order chi connectivity index (χ0) is 15.2. The van der Waals surface area contributed by atoms with Crippen molar-refractivity contribution in [1.29, 1.82) is 0 Å². The van der Waals surface area contributed by atoms with Crippen LogP contribution in [0.4, 0.5) is 0 Å². The Morgan fingerprint density at radius 1 is 1.19 bits per heavy atom. The molecule has 1 aliphatic rings. The van der Waals surface area contributed by atoms with Gasteiger partial charge in [0, 0.05) is 24.0 Å². The molecule has 3 rings (SSSR count). The van der Waals surface area contributed by atoms with E-state index in [1.165, 1.54) is 0 Å². The SMILES string of the molecule is Cc1ccc2c(C)c(C(=O)N3CCS(=O)(=O)CC3)oc2c1. The number of aryl methyl sites for hydroxylation is 2. The summed E-state index contributed by atoms with van der Waals surface area (Å²) in [5.74, 6) is 0.139. The summed E-state index contributed by atoms with van der Waals surface area (Å²) in [5, 5.41) is 0.925. The highest BCUT2D eigenvalue weighted by Gasteiger charge is 2.29. The minimum absolute atomic E-state index is 0.0249. The maximum Gasteiger partial charge on any atom is 0.289 e. The van der Waals surface area contributed by atoms with Crippen LogP contribution in [0.25, 0.3) is 11.0 Å². The fourth-order valence-electron chi connectivity index (χ4n) is 2.60. The quantitative estimate of drug-likeness (QED) is 0.807. The summed E-state index contributed by atoms with van der Waals surface area (Å²) in [4.78, 5) is 14.1. The van der Waals surface area contributed by atoms with Crippen LogP contribution in [-0.2, 0) is 9.84 Å². The van der Waals surface area contributed by atoms with E-state index < -0.39 is 9.84 Å². The summed E-state index contributed by atoms with van der Waals surface area (Å²) < 4.78 is 28.6. The topological polar surface area (TPSA) is 67.6 Å². The van der Waals surface area contributed by atoms with E-state index in [0.717, 1.165) is 16.5 Å². The molecule has 112 valence electrons. The molecule has 21 heavy (non-hydrogen) atoms. The molecule has 1 saturated heterocycles. The molecular formula is C15H17NO4S. The van der Waals surface area contributed by atoms with Gasteiger partial charge in [-0.15, -0.1) is 0 Å². The molecule has 1 amide bonds. The number of nitrogens with zero attached hydrogens (tertiary/aromatic N) is 1. The Morgan fingerprint density at radius 2 is 1.86 bits per heavy atom. The molecule has 0 N–H and O–H groups in total. The summed E-state index contributed by atoms with van der Waals surface area (Å²) in [6.45, 7) is 4.29. The van der Waals surface area contributed by atoms with Crippen LogP contribution < -0.4 is 0 Å². The first-order valence-corrected chi connectivity index (χ1v) is 8.69. The molecule has 0 radical (unpaired) electrons. The number of carbonyl (C=O) groups excluding carboxylic acids is 1. The molecule has 1 aliphatic heterocycles. The van der Waals surface area contributed by atoms with Gasteiger partial charge in [-0.25, -0.2) is 8.42 Å². The average molecular weight is 307 g/mol. The second-order valence-corrected chi connectivity index (χ2v) is 7.80. The molecule has 5 nitrogen and oxygen atoms in total. The lowest BCUT2D eigenvalue weighted by molar-refractivity contribution is 0.0740. The van der Waals surface area contributed by atoms with E-state index >= 15 is 0 Å². The maximum absolute atomic E-state index is 12.5. The van der Waals surface area contributed by atoms with Crippen LogP contribution in [0.3, 0.4) is 0 Å². The van der Waals surface area contributed by atoms with E-state index in [2.05, 4.69) is 0 Å². The van der Waals surface area contributed by atoms with Crippen molar-refractivity contribution in [3.05, 3.63) is 35.1 Å². The first kappa shape index (κ1) is 14.1. The lowest BCUT2D eigenvalue weighted by atomic mass is 10.1. The number of hydrogen-bond donors (Lipinski definition) is 0. The van der Waals surface area contributed by atoms with Gasteiger partial charge in [-0.1, -0.05) is 12.1 Å². The molecule has 0 bridgehead atoms. The predicted molar refractivity (Wildman–Crippen MR) is 80.2 cm³/mol. The summed E-state index contributed by atoms with van der Waals surface area (Å²) in [7, 11) is -3.00. The van der Waals surface area contributed by atoms with Gasteiger partial charge in [-0.2, -0.15) is 0 Å². The Kier molecular flexibility index (Phi) is 3.28. The Hall–Kier alpha value is -1.82. The van der Waals surface area contributed by atoms with Crippen LogP contribution in [0.5, 0.6) is 0 Å². The molecule has 2 heterocycles. The second-order valence-electron chi connectivity index (χ2n) is 5.50. The van der Waals surface area contributed by atoms with Crippen molar-refractivity contribution in [2.24, 2.45) is 0 Å². The minimum atomic E-state index is -3.00. The Labute approximate surface area is 123 Å². The molecule has 0 atom stereocenters. The summed E-state index contributed by atoms with van der Waals surface area (Å²) in [6, 6.07) is 5.83. The fraction of sp³-hybridized carbons (Fsp3) is 0.400. The fourth-order valence-corrected chi connectivity index (χ4v) is 3.80. The Morgan fingerprint density at radius 3 is 2.52 bits per heavy atom. The van der Waals surface area contributed by atoms with E-state index in [9.17, 15) is 13.2 Å². The molecule has 1 aromatic heterocycles. The molecule has 0 unspecified atom stereocenters. The van der Waals surface area contributed by atoms with Crippen LogP contribution in [0.2, 0.25) is 0 Å². The minimum Gasteiger partial charge on any atom is -0.451 e. The molecule has 0 saturated carbocycles. The van der Waals surface area contributed by atoms with Gasteiger partial charge in [0.2, 0.25) is 0 Å². The zero-order valence-electron chi connectivity index (χ0n) is 12.0. The van der Waals surface area contributed by atoms with Gasteiger partial charge in [0.15, 0.2) is 15.6 Å². The standard InChI is InChI=1S/C15H17NO4S/c1-10-3-4-12-11(2)14(20-13(12)9-10)15(17)16-5-7-21(18,19)8-6-16/h3-4,9H,5-8H2,1-2H3. The van der Waals surface area contributed by atoms with E-state index in [1.807, 2.05) is 32.0 Å². The van der Waals surface area contributed by atoms with Crippen LogP contribution in [0.15, 0.2) is 22.6 Å². The van der Waals surface area contributed by atoms with Crippen molar-refractivity contribution >= 4 is 26.7 Å². The predicted octanol–water partition coefficient (Wildman–Crippen LogP) is 1.92. The zero-order valence-corrected chi connectivity index (χ0v) is 12.9. The van der Waals surface area contributed by atoms with E-state index in [-0.39, 0.29) is 30.5 Å². The number of benzene rings is 1. The second kappa shape index (κ2) is 4.87. The smallest absolute Gasteiger partial charge is 0.289 e. The third-order valence-corrected chi connectivity index (χ3v) is 5.53. The van der Waals surface area contributed by atoms with Gasteiger partial charge in [0.05, 0.1) is 11.5 Å². The highest BCUT2D eigenvalue weighted by atomic mass is 32.2. The van der Waals surface area contributed by atoms with E-state index in [1.54, 1.807) is 4.90 Å². The number of hydrogen-bond acceptors (Lipinski definition) is 4. The van der Waals surface area contributed by atoms with Crippen LogP contribution >= 0.6 is 0 Å². The summed E-state index contributed by atoms with van der Waals surface area (Å²) in [6.07, 6.45) is 0. The highest BCUT2D eigenvalue weighted by Crippen LogP contribution is 2.27. The molecule has 0 spiro atoms. The van der Waals surface area contributed by atoms with Crippen LogP contribution in [-0.4, -0.2) is 43.8 Å². The molecular weight excluding hydrogens is 290 g/mol. The van der Waals surface area contributed by atoms with Crippen molar-refractivity contribution in [2.75, 3.05) is 24.6 Å². The van der Waals surface area contributed by atoms with Crippen molar-refractivity contribution in [3.8, 4) is 0 Å². The van der Waals surface area contributed by atoms with Gasteiger partial charge in [0.25, 0.3) is 5.91 Å². The monoisotopic (exact) mass is 307 g/mol. The van der Waals surface area contributed by atoms with Crippen LogP contribution in [0.1, 0.15) is 21.7 Å². The lowest BCUT2D eigenvalue weighted by Gasteiger charge is -2.26. The number of amides is 1. The Bertz CT molecular complexity index is 806. The largest absolute Gasteiger partial charge is 0.451 e. The number of carbonyl (C=O) groups is 1. The number of sulfone groups is 1. The van der Waals surface area contributed by atoms with Crippen molar-refractivity contribution < 1.29 is 17.6 Å². The molecule has 1 aromatic carbocycles. The summed E-state index contributed by atoms with van der Waals surface area (Å²) in [5.41, 5.74) is 2.57.